The van der Waals surface area contributed by atoms with Gasteiger partial charge in [-0.15, -0.1) is 0 Å². The van der Waals surface area contributed by atoms with E-state index in [1.54, 1.807) is 14.0 Å². The van der Waals surface area contributed by atoms with Crippen molar-refractivity contribution in [3.05, 3.63) is 47.4 Å². The molecule has 28 heavy (non-hydrogen) atoms. The summed E-state index contributed by atoms with van der Waals surface area (Å²) in [5.41, 5.74) is 0.990. The normalized spacial score (nSPS) is 18.5. The minimum atomic E-state index is -0.513. The van der Waals surface area contributed by atoms with E-state index in [2.05, 4.69) is 18.2 Å². The Morgan fingerprint density at radius 1 is 1.11 bits per heavy atom. The Bertz CT molecular complexity index is 904. The molecule has 1 fully saturated rings. The number of fused-ring (bicyclic) bond motifs is 1. The van der Waals surface area contributed by atoms with Gasteiger partial charge >= 0.3 is 7.12 Å². The van der Waals surface area contributed by atoms with Crippen LogP contribution in [0.5, 0.6) is 5.75 Å². The van der Waals surface area contributed by atoms with Gasteiger partial charge in [-0.1, -0.05) is 48.2 Å². The van der Waals surface area contributed by atoms with Crippen molar-refractivity contribution in [3.8, 4) is 5.75 Å². The summed E-state index contributed by atoms with van der Waals surface area (Å²) in [5.74, 6) is 1.28. The molecular weight excluding hydrogens is 371 g/mol. The number of thioether (sulfide) groups is 1. The summed E-state index contributed by atoms with van der Waals surface area (Å²) in [5, 5.41) is 2.28. The smallest absolute Gasteiger partial charge is 0.491 e. The van der Waals surface area contributed by atoms with Crippen LogP contribution in [0, 0.1) is 0 Å². The maximum atomic E-state index is 11.6. The SMILES string of the molecule is COc1ccc2ccccc2c1C=C(CSC(C)=O)B1OC(C)(C)C(C)(C)O1. The molecule has 1 aliphatic rings. The van der Waals surface area contributed by atoms with E-state index in [1.165, 1.54) is 11.8 Å². The summed E-state index contributed by atoms with van der Waals surface area (Å²) in [6.07, 6.45) is 2.05. The van der Waals surface area contributed by atoms with Crippen molar-refractivity contribution in [3.63, 3.8) is 0 Å². The molecular formula is C22H27BO4S. The van der Waals surface area contributed by atoms with Crippen LogP contribution in [-0.4, -0.2) is 36.3 Å². The van der Waals surface area contributed by atoms with Gasteiger partial charge in [0.2, 0.25) is 0 Å². The van der Waals surface area contributed by atoms with Gasteiger partial charge in [0.05, 0.1) is 18.3 Å². The van der Waals surface area contributed by atoms with Crippen molar-refractivity contribution in [1.29, 1.82) is 0 Å². The molecule has 3 rings (SSSR count). The Morgan fingerprint density at radius 2 is 1.75 bits per heavy atom. The molecule has 1 heterocycles. The molecule has 6 heteroatoms. The summed E-state index contributed by atoms with van der Waals surface area (Å²) in [7, 11) is 1.15. The van der Waals surface area contributed by atoms with E-state index in [4.69, 9.17) is 14.0 Å². The van der Waals surface area contributed by atoms with Gasteiger partial charge in [-0.3, -0.25) is 4.79 Å². The van der Waals surface area contributed by atoms with E-state index < -0.39 is 18.3 Å². The van der Waals surface area contributed by atoms with E-state index in [0.29, 0.717) is 5.75 Å². The first-order chi connectivity index (χ1) is 13.1. The van der Waals surface area contributed by atoms with E-state index in [9.17, 15) is 4.79 Å². The maximum Gasteiger partial charge on any atom is 0.491 e. The number of ether oxygens (including phenoxy) is 1. The Hall–Kier alpha value is -1.76. The van der Waals surface area contributed by atoms with Crippen molar-refractivity contribution in [2.24, 2.45) is 0 Å². The van der Waals surface area contributed by atoms with Gasteiger partial charge in [0.1, 0.15) is 5.75 Å². The molecule has 148 valence electrons. The first-order valence-electron chi connectivity index (χ1n) is 9.40. The zero-order chi connectivity index (χ0) is 20.5. The summed E-state index contributed by atoms with van der Waals surface area (Å²) in [6.45, 7) is 9.69. The largest absolute Gasteiger partial charge is 0.496 e. The highest BCUT2D eigenvalue weighted by atomic mass is 32.2. The lowest BCUT2D eigenvalue weighted by atomic mass is 9.78. The summed E-state index contributed by atoms with van der Waals surface area (Å²) in [4.78, 5) is 11.6. The molecule has 1 saturated heterocycles. The van der Waals surface area contributed by atoms with E-state index in [1.807, 2.05) is 52.0 Å². The fourth-order valence-electron chi connectivity index (χ4n) is 3.15. The number of rotatable bonds is 5. The number of carbonyl (C=O) groups is 1. The lowest BCUT2D eigenvalue weighted by molar-refractivity contribution is -0.109. The molecule has 0 radical (unpaired) electrons. The predicted octanol–water partition coefficient (Wildman–Crippen LogP) is 5.14. The van der Waals surface area contributed by atoms with Crippen molar-refractivity contribution in [1.82, 2.24) is 0 Å². The van der Waals surface area contributed by atoms with Gasteiger partial charge in [0.25, 0.3) is 0 Å². The number of benzene rings is 2. The average molecular weight is 398 g/mol. The summed E-state index contributed by atoms with van der Waals surface area (Å²) in [6, 6.07) is 12.2. The van der Waals surface area contributed by atoms with Gasteiger partial charge in [-0.2, -0.15) is 0 Å². The molecule has 0 aromatic heterocycles. The maximum absolute atomic E-state index is 11.6. The quantitative estimate of drug-likeness (QED) is 0.653. The molecule has 0 unspecified atom stereocenters. The van der Waals surface area contributed by atoms with Crippen LogP contribution in [0.25, 0.3) is 16.8 Å². The average Bonchev–Trinajstić information content (AvgIpc) is 2.85. The lowest BCUT2D eigenvalue weighted by Crippen LogP contribution is -2.41. The highest BCUT2D eigenvalue weighted by Crippen LogP contribution is 2.40. The minimum absolute atomic E-state index is 0.0623. The second kappa shape index (κ2) is 7.93. The second-order valence-corrected chi connectivity index (χ2v) is 9.14. The Morgan fingerprint density at radius 3 is 2.36 bits per heavy atom. The zero-order valence-corrected chi connectivity index (χ0v) is 18.2. The number of carbonyl (C=O) groups excluding carboxylic acids is 1. The van der Waals surface area contributed by atoms with Crippen LogP contribution < -0.4 is 4.74 Å². The van der Waals surface area contributed by atoms with Gasteiger partial charge in [0, 0.05) is 18.2 Å². The van der Waals surface area contributed by atoms with Crippen LogP contribution in [0.15, 0.2) is 41.9 Å². The zero-order valence-electron chi connectivity index (χ0n) is 17.4. The third-order valence-corrected chi connectivity index (χ3v) is 6.36. The van der Waals surface area contributed by atoms with Crippen LogP contribution in [0.1, 0.15) is 40.2 Å². The van der Waals surface area contributed by atoms with Crippen molar-refractivity contribution >= 4 is 40.8 Å². The second-order valence-electron chi connectivity index (χ2n) is 7.99. The van der Waals surface area contributed by atoms with Crippen molar-refractivity contribution in [2.45, 2.75) is 45.8 Å². The van der Waals surface area contributed by atoms with E-state index >= 15 is 0 Å². The fourth-order valence-corrected chi connectivity index (χ4v) is 3.73. The third kappa shape index (κ3) is 4.14. The third-order valence-electron chi connectivity index (χ3n) is 5.48. The van der Waals surface area contributed by atoms with Crippen LogP contribution in [-0.2, 0) is 14.1 Å². The molecule has 0 aliphatic carbocycles. The van der Waals surface area contributed by atoms with Crippen LogP contribution in [0.3, 0.4) is 0 Å². The minimum Gasteiger partial charge on any atom is -0.496 e. The molecule has 2 aromatic rings. The summed E-state index contributed by atoms with van der Waals surface area (Å²) < 4.78 is 18.1. The van der Waals surface area contributed by atoms with Gasteiger partial charge < -0.3 is 14.0 Å². The first kappa shape index (κ1) is 21.0. The number of methoxy groups -OCH3 is 1. The monoisotopic (exact) mass is 398 g/mol. The first-order valence-corrected chi connectivity index (χ1v) is 10.4. The highest BCUT2D eigenvalue weighted by molar-refractivity contribution is 8.13. The number of hydrogen-bond donors (Lipinski definition) is 0. The predicted molar refractivity (Wildman–Crippen MR) is 118 cm³/mol. The van der Waals surface area contributed by atoms with Crippen LogP contribution in [0.4, 0.5) is 0 Å². The van der Waals surface area contributed by atoms with Gasteiger partial charge in [-0.25, -0.2) is 0 Å². The molecule has 0 bridgehead atoms. The van der Waals surface area contributed by atoms with E-state index in [-0.39, 0.29) is 5.12 Å². The number of hydrogen-bond acceptors (Lipinski definition) is 5. The topological polar surface area (TPSA) is 44.8 Å². The molecule has 4 nitrogen and oxygen atoms in total. The fraction of sp³-hybridized carbons (Fsp3) is 0.409. The van der Waals surface area contributed by atoms with Crippen molar-refractivity contribution < 1.29 is 18.8 Å². The molecule has 2 aromatic carbocycles. The van der Waals surface area contributed by atoms with Crippen LogP contribution >= 0.6 is 11.8 Å². The molecule has 1 aliphatic heterocycles. The Labute approximate surface area is 171 Å². The Kier molecular flexibility index (Phi) is 5.94. The lowest BCUT2D eigenvalue weighted by Gasteiger charge is -2.32. The standard InChI is InChI=1S/C22H27BO4S/c1-15(24)28-14-17(23-26-21(2,3)22(4,5)27-23)13-19-18-10-8-7-9-16(18)11-12-20(19)25-6/h7-13H,14H2,1-6H3. The van der Waals surface area contributed by atoms with Crippen LogP contribution in [0.2, 0.25) is 0 Å². The van der Waals surface area contributed by atoms with E-state index in [0.717, 1.165) is 27.6 Å². The van der Waals surface area contributed by atoms with Gasteiger partial charge in [0.15, 0.2) is 5.12 Å². The highest BCUT2D eigenvalue weighted by Gasteiger charge is 2.52. The Balaban J connectivity index is 2.10. The summed E-state index contributed by atoms with van der Waals surface area (Å²) >= 11 is 1.26. The molecule has 0 spiro atoms. The molecule has 0 N–H and O–H groups in total. The van der Waals surface area contributed by atoms with Gasteiger partial charge in [-0.05, 0) is 50.0 Å². The molecule has 0 saturated carbocycles. The molecule has 0 amide bonds. The molecule has 0 atom stereocenters. The van der Waals surface area contributed by atoms with Crippen molar-refractivity contribution in [2.75, 3.05) is 12.9 Å².